The first-order chi connectivity index (χ1) is 9.15. The summed E-state index contributed by atoms with van der Waals surface area (Å²) in [4.78, 5) is 31.5. The van der Waals surface area contributed by atoms with Crippen LogP contribution in [0.25, 0.3) is 9.88 Å². The fourth-order valence-corrected chi connectivity index (χ4v) is 2.91. The SMILES string of the molecule is O=C(O)CONC(=O)Cc1csc(-c2cccs2)n1. The molecule has 0 bridgehead atoms. The first-order valence-electron chi connectivity index (χ1n) is 5.26. The van der Waals surface area contributed by atoms with Crippen molar-refractivity contribution in [2.24, 2.45) is 0 Å². The van der Waals surface area contributed by atoms with E-state index in [2.05, 4.69) is 15.3 Å². The molecule has 2 heterocycles. The van der Waals surface area contributed by atoms with Gasteiger partial charge >= 0.3 is 5.97 Å². The van der Waals surface area contributed by atoms with E-state index >= 15 is 0 Å². The molecule has 1 amide bonds. The molecule has 0 saturated carbocycles. The summed E-state index contributed by atoms with van der Waals surface area (Å²) in [5.41, 5.74) is 2.68. The molecular weight excluding hydrogens is 288 g/mol. The lowest BCUT2D eigenvalue weighted by Crippen LogP contribution is -2.28. The van der Waals surface area contributed by atoms with Crippen LogP contribution < -0.4 is 5.48 Å². The second-order valence-electron chi connectivity index (χ2n) is 3.51. The number of hydroxylamine groups is 1. The zero-order chi connectivity index (χ0) is 13.7. The highest BCUT2D eigenvalue weighted by Crippen LogP contribution is 2.27. The van der Waals surface area contributed by atoms with Crippen LogP contribution in [-0.4, -0.2) is 28.6 Å². The van der Waals surface area contributed by atoms with Crippen molar-refractivity contribution in [1.29, 1.82) is 0 Å². The number of carbonyl (C=O) groups is 2. The number of thiophene rings is 1. The Bertz CT molecular complexity index is 565. The average molecular weight is 298 g/mol. The molecule has 0 fully saturated rings. The average Bonchev–Trinajstić information content (AvgIpc) is 2.97. The van der Waals surface area contributed by atoms with E-state index in [9.17, 15) is 9.59 Å². The number of rotatable bonds is 6. The molecule has 0 radical (unpaired) electrons. The zero-order valence-corrected chi connectivity index (χ0v) is 11.3. The van der Waals surface area contributed by atoms with Gasteiger partial charge in [0, 0.05) is 5.38 Å². The van der Waals surface area contributed by atoms with Gasteiger partial charge in [-0.3, -0.25) is 9.63 Å². The summed E-state index contributed by atoms with van der Waals surface area (Å²) >= 11 is 3.05. The second-order valence-corrected chi connectivity index (χ2v) is 5.31. The van der Waals surface area contributed by atoms with Crippen LogP contribution in [0.15, 0.2) is 22.9 Å². The number of nitrogens with zero attached hydrogens (tertiary/aromatic N) is 1. The van der Waals surface area contributed by atoms with Gasteiger partial charge in [-0.2, -0.15) is 0 Å². The molecule has 0 unspecified atom stereocenters. The number of aliphatic carboxylic acids is 1. The minimum Gasteiger partial charge on any atom is -0.479 e. The smallest absolute Gasteiger partial charge is 0.332 e. The number of carbonyl (C=O) groups excluding carboxylic acids is 1. The van der Waals surface area contributed by atoms with E-state index in [1.54, 1.807) is 16.7 Å². The first kappa shape index (κ1) is 13.7. The van der Waals surface area contributed by atoms with Gasteiger partial charge in [-0.15, -0.1) is 22.7 Å². The number of aromatic nitrogens is 1. The highest BCUT2D eigenvalue weighted by molar-refractivity contribution is 7.20. The van der Waals surface area contributed by atoms with Crippen molar-refractivity contribution in [2.45, 2.75) is 6.42 Å². The molecule has 0 aliphatic heterocycles. The van der Waals surface area contributed by atoms with E-state index in [1.165, 1.54) is 11.3 Å². The van der Waals surface area contributed by atoms with E-state index in [0.717, 1.165) is 9.88 Å². The Kier molecular flexibility index (Phi) is 4.61. The summed E-state index contributed by atoms with van der Waals surface area (Å²) in [6, 6.07) is 3.90. The second kappa shape index (κ2) is 6.41. The molecule has 2 aromatic rings. The fourth-order valence-electron chi connectivity index (χ4n) is 1.28. The van der Waals surface area contributed by atoms with Crippen LogP contribution in [0, 0.1) is 0 Å². The van der Waals surface area contributed by atoms with Gasteiger partial charge in [-0.1, -0.05) is 6.07 Å². The lowest BCUT2D eigenvalue weighted by Gasteiger charge is -2.01. The van der Waals surface area contributed by atoms with Crippen LogP contribution in [0.1, 0.15) is 5.69 Å². The summed E-state index contributed by atoms with van der Waals surface area (Å²) < 4.78 is 0. The number of carboxylic acid groups (broad SMARTS) is 1. The number of carboxylic acids is 1. The Morgan fingerprint density at radius 1 is 1.42 bits per heavy atom. The van der Waals surface area contributed by atoms with Crippen molar-refractivity contribution in [3.05, 3.63) is 28.6 Å². The Morgan fingerprint density at radius 2 is 2.26 bits per heavy atom. The van der Waals surface area contributed by atoms with E-state index in [1.807, 2.05) is 17.5 Å². The van der Waals surface area contributed by atoms with Gasteiger partial charge in [0.15, 0.2) is 6.61 Å². The minimum absolute atomic E-state index is 0.0570. The van der Waals surface area contributed by atoms with E-state index < -0.39 is 18.5 Å². The molecule has 0 aromatic carbocycles. The number of hydrogen-bond donors (Lipinski definition) is 2. The Morgan fingerprint density at radius 3 is 2.95 bits per heavy atom. The van der Waals surface area contributed by atoms with E-state index in [4.69, 9.17) is 5.11 Å². The number of nitrogens with one attached hydrogen (secondary N) is 1. The molecule has 0 spiro atoms. The van der Waals surface area contributed by atoms with E-state index in [0.29, 0.717) is 5.69 Å². The molecule has 19 heavy (non-hydrogen) atoms. The number of hydrogen-bond acceptors (Lipinski definition) is 6. The molecule has 2 rings (SSSR count). The van der Waals surface area contributed by atoms with Gasteiger partial charge in [0.05, 0.1) is 17.0 Å². The fraction of sp³-hybridized carbons (Fsp3) is 0.182. The third kappa shape index (κ3) is 4.12. The predicted molar refractivity (Wildman–Crippen MR) is 70.9 cm³/mol. The van der Waals surface area contributed by atoms with Gasteiger partial charge in [-0.05, 0) is 11.4 Å². The van der Waals surface area contributed by atoms with Crippen LogP contribution >= 0.6 is 22.7 Å². The highest BCUT2D eigenvalue weighted by atomic mass is 32.1. The maximum absolute atomic E-state index is 11.4. The Balaban J connectivity index is 1.86. The van der Waals surface area contributed by atoms with Crippen LogP contribution in [-0.2, 0) is 20.8 Å². The third-order valence-corrected chi connectivity index (χ3v) is 3.94. The van der Waals surface area contributed by atoms with Crippen molar-refractivity contribution in [3.8, 4) is 9.88 Å². The topological polar surface area (TPSA) is 88.5 Å². The normalized spacial score (nSPS) is 10.3. The minimum atomic E-state index is -1.14. The first-order valence-corrected chi connectivity index (χ1v) is 7.02. The highest BCUT2D eigenvalue weighted by Gasteiger charge is 2.10. The summed E-state index contributed by atoms with van der Waals surface area (Å²) in [6.07, 6.45) is 0.0570. The molecule has 0 aliphatic rings. The third-order valence-electron chi connectivity index (χ3n) is 2.01. The van der Waals surface area contributed by atoms with Crippen LogP contribution in [0.3, 0.4) is 0 Å². The molecule has 100 valence electrons. The van der Waals surface area contributed by atoms with Crippen LogP contribution in [0.4, 0.5) is 0 Å². The van der Waals surface area contributed by atoms with Gasteiger partial charge in [-0.25, -0.2) is 15.3 Å². The quantitative estimate of drug-likeness (QED) is 0.790. The molecule has 2 N–H and O–H groups in total. The van der Waals surface area contributed by atoms with Crippen LogP contribution in [0.5, 0.6) is 0 Å². The lowest BCUT2D eigenvalue weighted by atomic mass is 10.3. The van der Waals surface area contributed by atoms with Gasteiger partial charge in [0.25, 0.3) is 0 Å². The maximum atomic E-state index is 11.4. The van der Waals surface area contributed by atoms with Crippen molar-refractivity contribution in [1.82, 2.24) is 10.5 Å². The van der Waals surface area contributed by atoms with Crippen LogP contribution in [0.2, 0.25) is 0 Å². The summed E-state index contributed by atoms with van der Waals surface area (Å²) in [6.45, 7) is -0.566. The summed E-state index contributed by atoms with van der Waals surface area (Å²) in [5, 5.41) is 13.0. The molecule has 8 heteroatoms. The molecular formula is C11H10N2O4S2. The zero-order valence-electron chi connectivity index (χ0n) is 9.66. The predicted octanol–water partition coefficient (Wildman–Crippen LogP) is 1.55. The maximum Gasteiger partial charge on any atom is 0.332 e. The summed E-state index contributed by atoms with van der Waals surface area (Å²) in [5.74, 6) is -1.57. The standard InChI is InChI=1S/C11H10N2O4S2/c14-9(13-17-5-10(15)16)4-7-6-19-11(12-7)8-2-1-3-18-8/h1-3,6H,4-5H2,(H,13,14)(H,15,16). The van der Waals surface area contributed by atoms with Crippen molar-refractivity contribution < 1.29 is 19.5 Å². The molecule has 0 atom stereocenters. The van der Waals surface area contributed by atoms with Gasteiger partial charge in [0.1, 0.15) is 5.01 Å². The molecule has 0 aliphatic carbocycles. The molecule has 2 aromatic heterocycles. The Labute approximate surface area is 116 Å². The van der Waals surface area contributed by atoms with Crippen molar-refractivity contribution in [3.63, 3.8) is 0 Å². The monoisotopic (exact) mass is 298 g/mol. The number of thiazole rings is 1. The molecule has 0 saturated heterocycles. The summed E-state index contributed by atoms with van der Waals surface area (Å²) in [7, 11) is 0. The van der Waals surface area contributed by atoms with Gasteiger partial charge in [0.2, 0.25) is 5.91 Å². The van der Waals surface area contributed by atoms with E-state index in [-0.39, 0.29) is 6.42 Å². The van der Waals surface area contributed by atoms with Gasteiger partial charge < -0.3 is 5.11 Å². The largest absolute Gasteiger partial charge is 0.479 e. The van der Waals surface area contributed by atoms with Crippen molar-refractivity contribution in [2.75, 3.05) is 6.61 Å². The Hall–Kier alpha value is -1.77. The van der Waals surface area contributed by atoms with Crippen molar-refractivity contribution >= 4 is 34.6 Å². The molecule has 6 nitrogen and oxygen atoms in total. The number of amides is 1. The lowest BCUT2D eigenvalue weighted by molar-refractivity contribution is -0.149.